The molecule has 0 spiro atoms. The molecular weight excluding hydrogens is 278 g/mol. The monoisotopic (exact) mass is 305 g/mol. The highest BCUT2D eigenvalue weighted by Gasteiger charge is 2.43. The zero-order chi connectivity index (χ0) is 14.9. The van der Waals surface area contributed by atoms with Gasteiger partial charge in [0.15, 0.2) is 0 Å². The highest BCUT2D eigenvalue weighted by atomic mass is 16.3. The summed E-state index contributed by atoms with van der Waals surface area (Å²) in [6, 6.07) is 1.98. The van der Waals surface area contributed by atoms with Crippen molar-refractivity contribution >= 4 is 5.91 Å². The number of rotatable bonds is 3. The number of carbonyl (C=O) groups excluding carboxylic acids is 1. The van der Waals surface area contributed by atoms with Gasteiger partial charge in [0.2, 0.25) is 5.91 Å². The van der Waals surface area contributed by atoms with Gasteiger partial charge >= 0.3 is 0 Å². The Balaban J connectivity index is 0.00000176. The van der Waals surface area contributed by atoms with Gasteiger partial charge in [0.25, 0.3) is 0 Å². The fourth-order valence-corrected chi connectivity index (χ4v) is 4.59. The second-order valence-corrected chi connectivity index (χ2v) is 7.06. The molecule has 0 aromatic heterocycles. The van der Waals surface area contributed by atoms with Crippen LogP contribution in [0.25, 0.3) is 0 Å². The van der Waals surface area contributed by atoms with Crippen molar-refractivity contribution in [3.05, 3.63) is 7.43 Å². The number of aliphatic hydroxyl groups is 1. The molecule has 3 rings (SSSR count). The third kappa shape index (κ3) is 3.44. The van der Waals surface area contributed by atoms with Crippen molar-refractivity contribution < 1.29 is 9.90 Å². The van der Waals surface area contributed by atoms with E-state index in [-0.39, 0.29) is 31.0 Å². The Kier molecular flexibility index (Phi) is 5.46. The van der Waals surface area contributed by atoms with E-state index >= 15 is 0 Å². The van der Waals surface area contributed by atoms with Gasteiger partial charge in [-0.15, -0.1) is 0 Å². The molecule has 0 aromatic carbocycles. The Morgan fingerprint density at radius 2 is 2.18 bits per heavy atom. The lowest BCUT2D eigenvalue weighted by Gasteiger charge is -2.47. The maximum absolute atomic E-state index is 12.3. The average Bonchev–Trinajstić information content (AvgIpc) is 2.92. The fourth-order valence-electron chi connectivity index (χ4n) is 4.59. The summed E-state index contributed by atoms with van der Waals surface area (Å²) < 4.78 is 0. The van der Waals surface area contributed by atoms with Crippen molar-refractivity contribution in [2.45, 2.75) is 69.1 Å². The van der Waals surface area contributed by atoms with E-state index in [1.807, 2.05) is 0 Å². The third-order valence-electron chi connectivity index (χ3n) is 5.52. The molecule has 4 atom stereocenters. The van der Waals surface area contributed by atoms with Crippen LogP contribution in [0.2, 0.25) is 0 Å². The van der Waals surface area contributed by atoms with E-state index in [9.17, 15) is 9.90 Å². The first-order valence-corrected chi connectivity index (χ1v) is 8.24. The van der Waals surface area contributed by atoms with Crippen LogP contribution in [-0.4, -0.2) is 46.7 Å². The first-order chi connectivity index (χ1) is 10.1. The fraction of sp³-hybridized carbons (Fsp3) is 0.824. The molecule has 2 bridgehead atoms. The molecule has 1 amide bonds. The Morgan fingerprint density at radius 1 is 1.36 bits per heavy atom. The van der Waals surface area contributed by atoms with Gasteiger partial charge in [-0.05, 0) is 44.4 Å². The Hall–Kier alpha value is -1.12. The number of likely N-dealkylation sites (tertiary alicyclic amines) is 1. The summed E-state index contributed by atoms with van der Waals surface area (Å²) in [4.78, 5) is 14.1. The van der Waals surface area contributed by atoms with E-state index in [1.165, 1.54) is 12.8 Å². The van der Waals surface area contributed by atoms with Crippen molar-refractivity contribution in [2.24, 2.45) is 5.92 Å². The lowest BCUT2D eigenvalue weighted by molar-refractivity contribution is -0.131. The van der Waals surface area contributed by atoms with Crippen molar-refractivity contribution in [3.8, 4) is 6.07 Å². The van der Waals surface area contributed by atoms with Gasteiger partial charge in [-0.2, -0.15) is 5.26 Å². The average molecular weight is 305 g/mol. The van der Waals surface area contributed by atoms with Crippen LogP contribution in [0.3, 0.4) is 0 Å². The van der Waals surface area contributed by atoms with Crippen LogP contribution in [0.15, 0.2) is 0 Å². The standard InChI is InChI=1S/C16H25N3O2.CH2/c17-10-13-4-2-6-19(13)15(21)11-18-16-5-1-3-12(8-16)7-14(20)9-16;/h12-14,18,20H,1-9,11H2;1H2/t12?,13-,14?,16?;/m0./s1. The van der Waals surface area contributed by atoms with E-state index in [1.54, 1.807) is 4.90 Å². The second kappa shape index (κ2) is 6.97. The number of nitrogens with one attached hydrogen (secondary N) is 1. The van der Waals surface area contributed by atoms with E-state index in [0.29, 0.717) is 19.0 Å². The number of amides is 1. The Labute approximate surface area is 133 Å². The van der Waals surface area contributed by atoms with Crippen molar-refractivity contribution in [1.29, 1.82) is 5.26 Å². The van der Waals surface area contributed by atoms with Gasteiger partial charge in [-0.25, -0.2) is 0 Å². The number of fused-ring (bicyclic) bond motifs is 2. The number of aliphatic hydroxyl groups excluding tert-OH is 1. The molecule has 2 N–H and O–H groups in total. The molecule has 2 aliphatic carbocycles. The van der Waals surface area contributed by atoms with Crippen LogP contribution in [0.1, 0.15) is 51.4 Å². The van der Waals surface area contributed by atoms with Gasteiger partial charge in [0, 0.05) is 12.1 Å². The normalized spacial score (nSPS) is 37.3. The number of nitriles is 1. The van der Waals surface area contributed by atoms with Crippen molar-refractivity contribution in [3.63, 3.8) is 0 Å². The Morgan fingerprint density at radius 3 is 2.95 bits per heavy atom. The summed E-state index contributed by atoms with van der Waals surface area (Å²) >= 11 is 0. The highest BCUT2D eigenvalue weighted by Crippen LogP contribution is 2.42. The van der Waals surface area contributed by atoms with E-state index < -0.39 is 0 Å². The highest BCUT2D eigenvalue weighted by molar-refractivity contribution is 5.79. The minimum Gasteiger partial charge on any atom is -0.393 e. The molecule has 0 aromatic rings. The van der Waals surface area contributed by atoms with Crippen LogP contribution < -0.4 is 5.32 Å². The maximum atomic E-state index is 12.3. The molecule has 3 aliphatic rings. The maximum Gasteiger partial charge on any atom is 0.237 e. The molecule has 3 unspecified atom stereocenters. The Bertz CT molecular complexity index is 444. The zero-order valence-electron chi connectivity index (χ0n) is 13.3. The predicted molar refractivity (Wildman–Crippen MR) is 83.6 cm³/mol. The molecular formula is C17H27N3O2. The molecule has 2 saturated carbocycles. The van der Waals surface area contributed by atoms with E-state index in [2.05, 4.69) is 11.4 Å². The van der Waals surface area contributed by atoms with Crippen LogP contribution in [0, 0.1) is 24.7 Å². The minimum atomic E-state index is -0.243. The molecule has 1 aliphatic heterocycles. The molecule has 1 heterocycles. The summed E-state index contributed by atoms with van der Waals surface area (Å²) in [6.07, 6.45) is 7.70. The van der Waals surface area contributed by atoms with Gasteiger partial charge < -0.3 is 15.3 Å². The van der Waals surface area contributed by atoms with Gasteiger partial charge in [-0.3, -0.25) is 4.79 Å². The zero-order valence-corrected chi connectivity index (χ0v) is 13.3. The van der Waals surface area contributed by atoms with Crippen LogP contribution in [0.4, 0.5) is 0 Å². The number of hydrogen-bond acceptors (Lipinski definition) is 4. The summed E-state index contributed by atoms with van der Waals surface area (Å²) in [7, 11) is 0. The smallest absolute Gasteiger partial charge is 0.237 e. The van der Waals surface area contributed by atoms with Gasteiger partial charge in [0.05, 0.1) is 18.7 Å². The molecule has 5 heteroatoms. The van der Waals surface area contributed by atoms with Crippen LogP contribution >= 0.6 is 0 Å². The van der Waals surface area contributed by atoms with Gasteiger partial charge in [-0.1, -0.05) is 20.3 Å². The lowest BCUT2D eigenvalue weighted by Crippen LogP contribution is -2.56. The van der Waals surface area contributed by atoms with Crippen LogP contribution in [0.5, 0.6) is 0 Å². The molecule has 2 radical (unpaired) electrons. The summed E-state index contributed by atoms with van der Waals surface area (Å²) in [5.41, 5.74) is -0.0574. The summed E-state index contributed by atoms with van der Waals surface area (Å²) in [6.45, 7) is 1.01. The molecule has 5 nitrogen and oxygen atoms in total. The van der Waals surface area contributed by atoms with Crippen LogP contribution in [-0.2, 0) is 4.79 Å². The summed E-state index contributed by atoms with van der Waals surface area (Å²) in [5, 5.41) is 22.6. The first kappa shape index (κ1) is 17.2. The lowest BCUT2D eigenvalue weighted by atomic mass is 9.66. The number of hydrogen-bond donors (Lipinski definition) is 2. The molecule has 22 heavy (non-hydrogen) atoms. The third-order valence-corrected chi connectivity index (χ3v) is 5.52. The van der Waals surface area contributed by atoms with E-state index in [4.69, 9.17) is 5.26 Å². The number of nitrogens with zero attached hydrogens (tertiary/aromatic N) is 2. The largest absolute Gasteiger partial charge is 0.393 e. The second-order valence-electron chi connectivity index (χ2n) is 7.06. The van der Waals surface area contributed by atoms with Gasteiger partial charge in [0.1, 0.15) is 6.04 Å². The van der Waals surface area contributed by atoms with Crippen molar-refractivity contribution in [1.82, 2.24) is 10.2 Å². The minimum absolute atomic E-state index is 0. The molecule has 1 saturated heterocycles. The van der Waals surface area contributed by atoms with Crippen molar-refractivity contribution in [2.75, 3.05) is 13.1 Å². The van der Waals surface area contributed by atoms with E-state index in [0.717, 1.165) is 38.5 Å². The predicted octanol–water partition coefficient (Wildman–Crippen LogP) is 1.50. The summed E-state index contributed by atoms with van der Waals surface area (Å²) in [5.74, 6) is 0.638. The first-order valence-electron chi connectivity index (χ1n) is 8.24. The number of carbonyl (C=O) groups is 1. The quantitative estimate of drug-likeness (QED) is 0.828. The topological polar surface area (TPSA) is 76.4 Å². The SMILES string of the molecule is N#C[C@@H]1CCCN1C(=O)CNC12CCCC(CC(O)C1)C2.[CH2]. The molecule has 122 valence electrons. The molecule has 3 fully saturated rings.